The summed E-state index contributed by atoms with van der Waals surface area (Å²) in [6.07, 6.45) is 0.926. The van der Waals surface area contributed by atoms with Crippen molar-refractivity contribution in [1.82, 2.24) is 14.7 Å². The molecule has 86 valence electrons. The Morgan fingerprint density at radius 1 is 1.40 bits per heavy atom. The predicted molar refractivity (Wildman–Crippen MR) is 67.7 cm³/mol. The molecular weight excluding hydrogens is 226 g/mol. The van der Waals surface area contributed by atoms with E-state index >= 15 is 0 Å². The minimum atomic E-state index is 0.546. The van der Waals surface area contributed by atoms with Crippen molar-refractivity contribution in [3.8, 4) is 0 Å². The molecule has 1 aromatic heterocycles. The molecule has 5 heteroatoms. The van der Waals surface area contributed by atoms with Gasteiger partial charge in [-0.15, -0.1) is 0 Å². The van der Waals surface area contributed by atoms with E-state index in [1.807, 2.05) is 0 Å². The van der Waals surface area contributed by atoms with Crippen LogP contribution in [0, 0.1) is 0 Å². The maximum atomic E-state index is 4.44. The van der Waals surface area contributed by atoms with E-state index in [2.05, 4.69) is 42.4 Å². The number of nitrogens with zero attached hydrogens (tertiary/aromatic N) is 2. The topological polar surface area (TPSA) is 37.8 Å². The lowest BCUT2D eigenvalue weighted by Crippen LogP contribution is -2.28. The van der Waals surface area contributed by atoms with Gasteiger partial charge in [-0.3, -0.25) is 0 Å². The molecule has 0 saturated heterocycles. The van der Waals surface area contributed by atoms with Crippen LogP contribution < -0.4 is 5.32 Å². The first kappa shape index (κ1) is 12.9. The molecule has 1 atom stereocenters. The van der Waals surface area contributed by atoms with Crippen LogP contribution in [0.15, 0.2) is 4.34 Å². The molecule has 1 heterocycles. The molecule has 15 heavy (non-hydrogen) atoms. The number of nitrogens with one attached hydrogen (secondary N) is 1. The van der Waals surface area contributed by atoms with Crippen LogP contribution >= 0.6 is 23.3 Å². The fourth-order valence-electron chi connectivity index (χ4n) is 1.04. The third-order valence-electron chi connectivity index (χ3n) is 1.88. The van der Waals surface area contributed by atoms with Gasteiger partial charge in [-0.1, -0.05) is 39.5 Å². The third-order valence-corrected chi connectivity index (χ3v) is 3.80. The fourth-order valence-corrected chi connectivity index (χ4v) is 3.00. The molecule has 1 aromatic rings. The number of aromatic nitrogens is 2. The van der Waals surface area contributed by atoms with Gasteiger partial charge in [0.25, 0.3) is 0 Å². The molecule has 0 aliphatic rings. The van der Waals surface area contributed by atoms with E-state index in [0.717, 1.165) is 23.1 Å². The summed E-state index contributed by atoms with van der Waals surface area (Å²) in [5.41, 5.74) is 0. The maximum absolute atomic E-state index is 4.44. The summed E-state index contributed by atoms with van der Waals surface area (Å²) in [6.45, 7) is 9.64. The summed E-state index contributed by atoms with van der Waals surface area (Å²) < 4.78 is 5.36. The predicted octanol–water partition coefficient (Wildman–Crippen LogP) is 2.58. The van der Waals surface area contributed by atoms with E-state index in [1.54, 1.807) is 11.8 Å². The van der Waals surface area contributed by atoms with Gasteiger partial charge < -0.3 is 5.32 Å². The van der Waals surface area contributed by atoms with E-state index in [0.29, 0.717) is 11.3 Å². The van der Waals surface area contributed by atoms with E-state index in [9.17, 15) is 0 Å². The molecule has 1 rings (SSSR count). The van der Waals surface area contributed by atoms with Gasteiger partial charge in [0.2, 0.25) is 0 Å². The summed E-state index contributed by atoms with van der Waals surface area (Å²) in [5.74, 6) is 0.964. The number of thioether (sulfide) groups is 1. The van der Waals surface area contributed by atoms with Gasteiger partial charge >= 0.3 is 0 Å². The highest BCUT2D eigenvalue weighted by atomic mass is 32.2. The van der Waals surface area contributed by atoms with Crippen molar-refractivity contribution in [2.45, 2.75) is 49.7 Å². The van der Waals surface area contributed by atoms with Gasteiger partial charge in [0.1, 0.15) is 5.82 Å². The van der Waals surface area contributed by atoms with Gasteiger partial charge in [-0.2, -0.15) is 4.37 Å². The smallest absolute Gasteiger partial charge is 0.170 e. The Kier molecular flexibility index (Phi) is 5.56. The molecule has 0 radical (unpaired) electrons. The quantitative estimate of drug-likeness (QED) is 0.782. The second-order valence-electron chi connectivity index (χ2n) is 3.82. The standard InChI is InChI=1S/C10H19N3S2/c1-5-9-12-10(15-13-9)14-8(4)6-11-7(2)3/h7-8,11H,5-6H2,1-4H3. The van der Waals surface area contributed by atoms with Crippen LogP contribution in [0.25, 0.3) is 0 Å². The van der Waals surface area contributed by atoms with Gasteiger partial charge in [-0.05, 0) is 11.5 Å². The second kappa shape index (κ2) is 6.45. The lowest BCUT2D eigenvalue weighted by Gasteiger charge is -2.12. The summed E-state index contributed by atoms with van der Waals surface area (Å²) in [5, 5.41) is 3.97. The zero-order valence-electron chi connectivity index (χ0n) is 9.78. The normalized spacial score (nSPS) is 13.4. The van der Waals surface area contributed by atoms with Gasteiger partial charge in [0, 0.05) is 24.3 Å². The number of aryl methyl sites for hydroxylation is 1. The molecule has 0 spiro atoms. The van der Waals surface area contributed by atoms with Gasteiger partial charge in [-0.25, -0.2) is 4.98 Å². The van der Waals surface area contributed by atoms with Crippen LogP contribution in [0.5, 0.6) is 0 Å². The Morgan fingerprint density at radius 3 is 2.67 bits per heavy atom. The minimum absolute atomic E-state index is 0.546. The molecule has 0 amide bonds. The maximum Gasteiger partial charge on any atom is 0.170 e. The van der Waals surface area contributed by atoms with Crippen LogP contribution in [0.3, 0.4) is 0 Å². The van der Waals surface area contributed by atoms with Gasteiger partial charge in [0.15, 0.2) is 4.34 Å². The second-order valence-corrected chi connectivity index (χ2v) is 6.26. The zero-order valence-corrected chi connectivity index (χ0v) is 11.4. The summed E-state index contributed by atoms with van der Waals surface area (Å²) in [4.78, 5) is 4.44. The van der Waals surface area contributed by atoms with Crippen LogP contribution in [-0.4, -0.2) is 27.2 Å². The molecule has 0 aliphatic heterocycles. The number of hydrogen-bond donors (Lipinski definition) is 1. The fraction of sp³-hybridized carbons (Fsp3) is 0.800. The van der Waals surface area contributed by atoms with Crippen molar-refractivity contribution in [2.75, 3.05) is 6.54 Å². The highest BCUT2D eigenvalue weighted by Gasteiger charge is 2.09. The highest BCUT2D eigenvalue weighted by Crippen LogP contribution is 2.24. The molecule has 1 N–H and O–H groups in total. The average Bonchev–Trinajstić information content (AvgIpc) is 2.62. The molecule has 0 fully saturated rings. The lowest BCUT2D eigenvalue weighted by atomic mass is 10.3. The Labute approximate surface area is 100 Å². The molecule has 0 aromatic carbocycles. The number of hydrogen-bond acceptors (Lipinski definition) is 5. The van der Waals surface area contributed by atoms with Crippen molar-refractivity contribution in [3.63, 3.8) is 0 Å². The zero-order chi connectivity index (χ0) is 11.3. The molecule has 0 saturated carbocycles. The van der Waals surface area contributed by atoms with E-state index in [-0.39, 0.29) is 0 Å². The average molecular weight is 245 g/mol. The summed E-state index contributed by atoms with van der Waals surface area (Å²) in [6, 6.07) is 0.550. The first-order chi connectivity index (χ1) is 7.11. The third kappa shape index (κ3) is 4.95. The van der Waals surface area contributed by atoms with E-state index < -0.39 is 0 Å². The highest BCUT2D eigenvalue weighted by molar-refractivity contribution is 8.01. The Morgan fingerprint density at radius 2 is 2.13 bits per heavy atom. The van der Waals surface area contributed by atoms with Crippen molar-refractivity contribution >= 4 is 23.3 Å². The number of rotatable bonds is 6. The van der Waals surface area contributed by atoms with Crippen molar-refractivity contribution in [2.24, 2.45) is 0 Å². The van der Waals surface area contributed by atoms with Crippen molar-refractivity contribution < 1.29 is 0 Å². The first-order valence-electron chi connectivity index (χ1n) is 5.34. The largest absolute Gasteiger partial charge is 0.313 e. The SMILES string of the molecule is CCc1nsc(SC(C)CNC(C)C)n1. The Bertz CT molecular complexity index is 286. The van der Waals surface area contributed by atoms with Crippen LogP contribution in [0.1, 0.15) is 33.5 Å². The molecular formula is C10H19N3S2. The monoisotopic (exact) mass is 245 g/mol. The van der Waals surface area contributed by atoms with E-state index in [4.69, 9.17) is 0 Å². The van der Waals surface area contributed by atoms with Crippen LogP contribution in [0.2, 0.25) is 0 Å². The molecule has 3 nitrogen and oxygen atoms in total. The van der Waals surface area contributed by atoms with Crippen LogP contribution in [0.4, 0.5) is 0 Å². The van der Waals surface area contributed by atoms with Crippen molar-refractivity contribution in [1.29, 1.82) is 0 Å². The molecule has 0 aliphatic carbocycles. The van der Waals surface area contributed by atoms with Crippen LogP contribution in [-0.2, 0) is 6.42 Å². The van der Waals surface area contributed by atoms with E-state index in [1.165, 1.54) is 11.5 Å². The van der Waals surface area contributed by atoms with Crippen molar-refractivity contribution in [3.05, 3.63) is 5.82 Å². The van der Waals surface area contributed by atoms with Gasteiger partial charge in [0.05, 0.1) is 0 Å². The molecule has 1 unspecified atom stereocenters. The lowest BCUT2D eigenvalue weighted by molar-refractivity contribution is 0.589. The molecule has 0 bridgehead atoms. The first-order valence-corrected chi connectivity index (χ1v) is 6.99. The summed E-state index contributed by atoms with van der Waals surface area (Å²) in [7, 11) is 0. The summed E-state index contributed by atoms with van der Waals surface area (Å²) >= 11 is 3.31. The Balaban J connectivity index is 2.33. The Hall–Kier alpha value is -0.130. The minimum Gasteiger partial charge on any atom is -0.313 e.